The Balaban J connectivity index is 1.89. The van der Waals surface area contributed by atoms with Gasteiger partial charge in [0, 0.05) is 5.69 Å². The van der Waals surface area contributed by atoms with E-state index < -0.39 is 35.7 Å². The number of rotatable bonds is 7. The van der Waals surface area contributed by atoms with E-state index in [0.717, 1.165) is 0 Å². The molecule has 1 aromatic carbocycles. The summed E-state index contributed by atoms with van der Waals surface area (Å²) in [5.41, 5.74) is 0.379. The molecular weight excluding hydrogens is 402 g/mol. The van der Waals surface area contributed by atoms with Gasteiger partial charge >= 0.3 is 17.9 Å². The minimum absolute atomic E-state index is 0.0878. The molecular formula is C23H27NO7. The first-order valence-electron chi connectivity index (χ1n) is 10.4. The third-order valence-electron chi connectivity index (χ3n) is 5.40. The Bertz CT molecular complexity index is 894. The molecule has 0 radical (unpaired) electrons. The molecule has 0 spiro atoms. The van der Waals surface area contributed by atoms with E-state index >= 15 is 0 Å². The molecule has 0 aromatic heterocycles. The zero-order valence-corrected chi connectivity index (χ0v) is 18.0. The van der Waals surface area contributed by atoms with Crippen molar-refractivity contribution in [2.24, 2.45) is 23.7 Å². The Hall–Kier alpha value is -3.16. The Labute approximate surface area is 180 Å². The summed E-state index contributed by atoms with van der Waals surface area (Å²) in [5, 5.41) is 12.3. The van der Waals surface area contributed by atoms with Gasteiger partial charge in [-0.3, -0.25) is 9.59 Å². The third kappa shape index (κ3) is 4.95. The van der Waals surface area contributed by atoms with E-state index in [1.165, 1.54) is 18.2 Å². The van der Waals surface area contributed by atoms with Crippen LogP contribution in [0.2, 0.25) is 0 Å². The first-order valence-corrected chi connectivity index (χ1v) is 10.4. The van der Waals surface area contributed by atoms with Crippen LogP contribution in [-0.4, -0.2) is 41.1 Å². The van der Waals surface area contributed by atoms with E-state index in [4.69, 9.17) is 9.47 Å². The largest absolute Gasteiger partial charge is 0.481 e. The van der Waals surface area contributed by atoms with Gasteiger partial charge in [0.25, 0.3) is 0 Å². The standard InChI is InChI=1S/C23H27NO7/c1-11(2)30-22(28)15-8-16(23(29)31-12(3)4)10-17(9-15)24-20(25)18-13-5-6-14(7-13)19(18)21(26)27/h5-6,8-14,18-19H,7H2,1-4H3,(H,24,25)(H,26,27)/t13-,14-,18+,19+/m0/s1. The van der Waals surface area contributed by atoms with Crippen LogP contribution in [0, 0.1) is 23.7 Å². The van der Waals surface area contributed by atoms with Gasteiger partial charge in [0.05, 0.1) is 35.2 Å². The number of ether oxygens (including phenoxy) is 2. The number of anilines is 1. The number of carbonyl (C=O) groups excluding carboxylic acids is 3. The van der Waals surface area contributed by atoms with Crippen molar-refractivity contribution < 1.29 is 33.8 Å². The lowest BCUT2D eigenvalue weighted by Crippen LogP contribution is -2.36. The number of hydrogen-bond donors (Lipinski definition) is 2. The second kappa shape index (κ2) is 8.91. The molecule has 31 heavy (non-hydrogen) atoms. The van der Waals surface area contributed by atoms with Gasteiger partial charge in [-0.05, 0) is 64.2 Å². The molecule has 4 atom stereocenters. The molecule has 0 heterocycles. The Morgan fingerprint density at radius 2 is 1.35 bits per heavy atom. The molecule has 2 aliphatic rings. The summed E-state index contributed by atoms with van der Waals surface area (Å²) in [6, 6.07) is 4.17. The smallest absolute Gasteiger partial charge is 0.338 e. The van der Waals surface area contributed by atoms with Crippen molar-refractivity contribution in [1.82, 2.24) is 0 Å². The van der Waals surface area contributed by atoms with Crippen molar-refractivity contribution in [3.63, 3.8) is 0 Å². The first-order chi connectivity index (χ1) is 14.6. The van der Waals surface area contributed by atoms with E-state index in [2.05, 4.69) is 5.32 Å². The van der Waals surface area contributed by atoms with Crippen molar-refractivity contribution in [2.75, 3.05) is 5.32 Å². The lowest BCUT2D eigenvalue weighted by atomic mass is 9.82. The van der Waals surface area contributed by atoms with Crippen LogP contribution in [0.3, 0.4) is 0 Å². The second-order valence-electron chi connectivity index (χ2n) is 8.53. The zero-order chi connectivity index (χ0) is 22.9. The minimum atomic E-state index is -1.01. The molecule has 1 saturated carbocycles. The van der Waals surface area contributed by atoms with Crippen LogP contribution in [0.15, 0.2) is 30.4 Å². The van der Waals surface area contributed by atoms with Crippen LogP contribution in [0.25, 0.3) is 0 Å². The maximum atomic E-state index is 13.0. The fraction of sp³-hybridized carbons (Fsp3) is 0.478. The number of carboxylic acids is 1. The molecule has 1 aromatic rings. The summed E-state index contributed by atoms with van der Waals surface area (Å²) in [7, 11) is 0. The van der Waals surface area contributed by atoms with Gasteiger partial charge in [-0.15, -0.1) is 0 Å². The van der Waals surface area contributed by atoms with Crippen molar-refractivity contribution in [2.45, 2.75) is 46.3 Å². The van der Waals surface area contributed by atoms with E-state index in [1.807, 2.05) is 12.2 Å². The van der Waals surface area contributed by atoms with E-state index in [-0.39, 0.29) is 40.9 Å². The van der Waals surface area contributed by atoms with Crippen molar-refractivity contribution in [3.8, 4) is 0 Å². The van der Waals surface area contributed by atoms with Gasteiger partial charge in [0.15, 0.2) is 0 Å². The van der Waals surface area contributed by atoms with Gasteiger partial charge in [0.2, 0.25) is 5.91 Å². The summed E-state index contributed by atoms with van der Waals surface area (Å²) in [6.07, 6.45) is 3.64. The Morgan fingerprint density at radius 1 is 0.871 bits per heavy atom. The van der Waals surface area contributed by atoms with Gasteiger partial charge in [-0.2, -0.15) is 0 Å². The molecule has 3 rings (SSSR count). The SMILES string of the molecule is CC(C)OC(=O)c1cc(NC(=O)[C@H]2[C@H](C(=O)O)[C@H]3C=C[C@H]2C3)cc(C(=O)OC(C)C)c1. The molecule has 2 N–H and O–H groups in total. The summed E-state index contributed by atoms with van der Waals surface area (Å²) >= 11 is 0. The molecule has 1 amide bonds. The molecule has 0 saturated heterocycles. The van der Waals surface area contributed by atoms with Crippen LogP contribution in [0.1, 0.15) is 54.8 Å². The number of carboxylic acid groups (broad SMARTS) is 1. The fourth-order valence-corrected chi connectivity index (χ4v) is 4.24. The highest BCUT2D eigenvalue weighted by molar-refractivity contribution is 6.01. The summed E-state index contributed by atoms with van der Waals surface area (Å²) < 4.78 is 10.4. The molecule has 0 unspecified atom stereocenters. The number of hydrogen-bond acceptors (Lipinski definition) is 6. The summed E-state index contributed by atoms with van der Waals surface area (Å²) in [6.45, 7) is 6.80. The maximum Gasteiger partial charge on any atom is 0.338 e. The quantitative estimate of drug-likeness (QED) is 0.504. The number of allylic oxidation sites excluding steroid dienone is 2. The summed E-state index contributed by atoms with van der Waals surface area (Å²) in [5.74, 6) is -4.58. The molecule has 2 bridgehead atoms. The zero-order valence-electron chi connectivity index (χ0n) is 18.0. The average molecular weight is 429 g/mol. The van der Waals surface area contributed by atoms with E-state index in [0.29, 0.717) is 6.42 Å². The van der Waals surface area contributed by atoms with Crippen LogP contribution in [-0.2, 0) is 19.1 Å². The first kappa shape index (κ1) is 22.5. The highest BCUT2D eigenvalue weighted by Crippen LogP contribution is 2.48. The maximum absolute atomic E-state index is 13.0. The van der Waals surface area contributed by atoms with Crippen LogP contribution in [0.4, 0.5) is 5.69 Å². The number of benzene rings is 1. The number of carbonyl (C=O) groups is 4. The Kier molecular flexibility index (Phi) is 6.48. The molecule has 0 aliphatic heterocycles. The Morgan fingerprint density at radius 3 is 1.81 bits per heavy atom. The highest BCUT2D eigenvalue weighted by atomic mass is 16.5. The lowest BCUT2D eigenvalue weighted by molar-refractivity contribution is -0.146. The molecule has 2 aliphatic carbocycles. The number of nitrogens with one attached hydrogen (secondary N) is 1. The van der Waals surface area contributed by atoms with Gasteiger partial charge in [-0.1, -0.05) is 12.2 Å². The number of aliphatic carboxylic acids is 1. The second-order valence-corrected chi connectivity index (χ2v) is 8.53. The third-order valence-corrected chi connectivity index (χ3v) is 5.40. The normalized spacial score (nSPS) is 23.8. The number of esters is 2. The van der Waals surface area contributed by atoms with Crippen molar-refractivity contribution in [3.05, 3.63) is 41.5 Å². The molecule has 166 valence electrons. The van der Waals surface area contributed by atoms with Crippen LogP contribution >= 0.6 is 0 Å². The number of fused-ring (bicyclic) bond motifs is 2. The van der Waals surface area contributed by atoms with Crippen molar-refractivity contribution in [1.29, 1.82) is 0 Å². The van der Waals surface area contributed by atoms with Gasteiger partial charge < -0.3 is 19.9 Å². The topological polar surface area (TPSA) is 119 Å². The number of amides is 1. The monoisotopic (exact) mass is 429 g/mol. The van der Waals surface area contributed by atoms with Crippen LogP contribution < -0.4 is 5.32 Å². The summed E-state index contributed by atoms with van der Waals surface area (Å²) in [4.78, 5) is 49.5. The molecule has 8 heteroatoms. The van der Waals surface area contributed by atoms with Gasteiger partial charge in [0.1, 0.15) is 0 Å². The molecule has 1 fully saturated rings. The average Bonchev–Trinajstić information content (AvgIpc) is 3.28. The predicted octanol–water partition coefficient (Wildman–Crippen LogP) is 3.28. The van der Waals surface area contributed by atoms with Crippen LogP contribution in [0.5, 0.6) is 0 Å². The minimum Gasteiger partial charge on any atom is -0.481 e. The van der Waals surface area contributed by atoms with Crippen molar-refractivity contribution >= 4 is 29.5 Å². The van der Waals surface area contributed by atoms with Gasteiger partial charge in [-0.25, -0.2) is 9.59 Å². The highest BCUT2D eigenvalue weighted by Gasteiger charge is 2.51. The predicted molar refractivity (Wildman–Crippen MR) is 112 cm³/mol. The molecule has 8 nitrogen and oxygen atoms in total. The fourth-order valence-electron chi connectivity index (χ4n) is 4.24. The lowest BCUT2D eigenvalue weighted by Gasteiger charge is -2.24. The van der Waals surface area contributed by atoms with E-state index in [1.54, 1.807) is 27.7 Å². The van der Waals surface area contributed by atoms with E-state index in [9.17, 15) is 24.3 Å².